The Bertz CT molecular complexity index is 355. The molecule has 0 aliphatic carbocycles. The lowest BCUT2D eigenvalue weighted by atomic mass is 10.2. The normalized spacial score (nSPS) is 11.6. The van der Waals surface area contributed by atoms with Gasteiger partial charge in [0, 0.05) is 12.1 Å². The van der Waals surface area contributed by atoms with Gasteiger partial charge in [0.1, 0.15) is 0 Å². The van der Waals surface area contributed by atoms with Gasteiger partial charge < -0.3 is 5.11 Å². The second-order valence-electron chi connectivity index (χ2n) is 2.53. The third-order valence-electron chi connectivity index (χ3n) is 1.29. The number of aromatic amines is 1. The summed E-state index contributed by atoms with van der Waals surface area (Å²) in [5.74, 6) is -0.563. The number of pyridine rings is 1. The van der Waals surface area contributed by atoms with Crippen LogP contribution in [0.15, 0.2) is 16.9 Å². The predicted octanol–water partition coefficient (Wildman–Crippen LogP) is 1.19. The molecule has 0 radical (unpaired) electrons. The summed E-state index contributed by atoms with van der Waals surface area (Å²) in [6, 6.07) is 1.67. The molecule has 0 aliphatic rings. The summed E-state index contributed by atoms with van der Waals surface area (Å²) in [5.41, 5.74) is -1.01. The highest BCUT2D eigenvalue weighted by atomic mass is 19.4. The summed E-state index contributed by atoms with van der Waals surface area (Å²) in [6.45, 7) is 0. The number of hydrogen-bond acceptors (Lipinski definition) is 2. The van der Waals surface area contributed by atoms with Gasteiger partial charge in [-0.2, -0.15) is 13.2 Å². The lowest BCUT2D eigenvalue weighted by Crippen LogP contribution is -2.14. The van der Waals surface area contributed by atoms with E-state index in [1.165, 1.54) is 0 Å². The van der Waals surface area contributed by atoms with Crippen molar-refractivity contribution >= 4 is 0 Å². The minimum atomic E-state index is -4.37. The average molecular weight is 193 g/mol. The van der Waals surface area contributed by atoms with Crippen LogP contribution in [-0.4, -0.2) is 16.3 Å². The first-order valence-corrected chi connectivity index (χ1v) is 3.36. The van der Waals surface area contributed by atoms with Crippen molar-refractivity contribution in [2.45, 2.75) is 12.6 Å². The molecule has 1 heterocycles. The largest absolute Gasteiger partial charge is 0.495 e. The van der Waals surface area contributed by atoms with Gasteiger partial charge in [-0.3, -0.25) is 9.78 Å². The van der Waals surface area contributed by atoms with E-state index in [2.05, 4.69) is 0 Å². The van der Waals surface area contributed by atoms with Crippen LogP contribution in [0.2, 0.25) is 0 Å². The monoisotopic (exact) mass is 193 g/mol. The molecule has 0 amide bonds. The first-order chi connectivity index (χ1) is 5.87. The molecule has 0 aliphatic heterocycles. The number of aromatic nitrogens is 1. The second-order valence-corrected chi connectivity index (χ2v) is 2.53. The maximum absolute atomic E-state index is 11.8. The van der Waals surface area contributed by atoms with Crippen molar-refractivity contribution < 1.29 is 18.3 Å². The summed E-state index contributed by atoms with van der Waals surface area (Å²) >= 11 is 0. The van der Waals surface area contributed by atoms with Crippen LogP contribution in [0.4, 0.5) is 13.2 Å². The van der Waals surface area contributed by atoms with Crippen LogP contribution in [0.3, 0.4) is 0 Å². The molecule has 2 N–H and O–H groups in total. The molecule has 1 rings (SSSR count). The van der Waals surface area contributed by atoms with E-state index in [-0.39, 0.29) is 5.56 Å². The molecule has 0 atom stereocenters. The van der Waals surface area contributed by atoms with Crippen LogP contribution in [-0.2, 0) is 6.42 Å². The van der Waals surface area contributed by atoms with E-state index in [1.807, 2.05) is 4.98 Å². The van der Waals surface area contributed by atoms with E-state index in [0.717, 1.165) is 12.1 Å². The van der Waals surface area contributed by atoms with Crippen molar-refractivity contribution in [3.8, 4) is 5.88 Å². The maximum atomic E-state index is 11.8. The first kappa shape index (κ1) is 9.63. The van der Waals surface area contributed by atoms with Crippen molar-refractivity contribution in [1.29, 1.82) is 0 Å². The number of halogens is 3. The van der Waals surface area contributed by atoms with Crippen LogP contribution >= 0.6 is 0 Å². The minimum Gasteiger partial charge on any atom is -0.495 e. The van der Waals surface area contributed by atoms with Gasteiger partial charge in [0.15, 0.2) is 5.88 Å². The van der Waals surface area contributed by atoms with Crippen LogP contribution in [0, 0.1) is 0 Å². The molecule has 13 heavy (non-hydrogen) atoms. The highest BCUT2D eigenvalue weighted by molar-refractivity contribution is 5.20. The fourth-order valence-electron chi connectivity index (χ4n) is 0.918. The van der Waals surface area contributed by atoms with Gasteiger partial charge in [-0.15, -0.1) is 0 Å². The highest BCUT2D eigenvalue weighted by Crippen LogP contribution is 2.21. The molecule has 1 aromatic heterocycles. The van der Waals surface area contributed by atoms with Crippen molar-refractivity contribution in [3.05, 3.63) is 28.0 Å². The number of alkyl halides is 3. The molecule has 0 unspecified atom stereocenters. The van der Waals surface area contributed by atoms with Gasteiger partial charge in [-0.05, 0) is 5.56 Å². The molecule has 3 nitrogen and oxygen atoms in total. The lowest BCUT2D eigenvalue weighted by molar-refractivity contribution is -0.127. The van der Waals surface area contributed by atoms with Gasteiger partial charge in [0.25, 0.3) is 5.56 Å². The predicted molar refractivity (Wildman–Crippen MR) is 38.5 cm³/mol. The summed E-state index contributed by atoms with van der Waals surface area (Å²) < 4.78 is 35.4. The van der Waals surface area contributed by atoms with E-state index < -0.39 is 24.0 Å². The van der Waals surface area contributed by atoms with E-state index >= 15 is 0 Å². The minimum absolute atomic E-state index is 0.256. The Morgan fingerprint density at radius 3 is 2.46 bits per heavy atom. The quantitative estimate of drug-likeness (QED) is 0.703. The summed E-state index contributed by atoms with van der Waals surface area (Å²) in [4.78, 5) is 12.5. The Morgan fingerprint density at radius 1 is 1.38 bits per heavy atom. The zero-order valence-corrected chi connectivity index (χ0v) is 6.35. The van der Waals surface area contributed by atoms with E-state index in [4.69, 9.17) is 5.11 Å². The van der Waals surface area contributed by atoms with Crippen LogP contribution in [0.25, 0.3) is 0 Å². The van der Waals surface area contributed by atoms with Crippen LogP contribution < -0.4 is 5.56 Å². The Hall–Kier alpha value is -1.46. The van der Waals surface area contributed by atoms with E-state index in [1.54, 1.807) is 0 Å². The zero-order valence-electron chi connectivity index (χ0n) is 6.35. The topological polar surface area (TPSA) is 53.1 Å². The molecule has 1 aromatic rings. The fourth-order valence-corrected chi connectivity index (χ4v) is 0.918. The molecule has 0 aromatic carbocycles. The van der Waals surface area contributed by atoms with Gasteiger partial charge >= 0.3 is 6.18 Å². The summed E-state index contributed by atoms with van der Waals surface area (Å²) in [6.07, 6.45) is -5.59. The molecule has 0 saturated heterocycles. The number of hydrogen-bond donors (Lipinski definition) is 2. The van der Waals surface area contributed by atoms with Gasteiger partial charge in [0.2, 0.25) is 0 Å². The number of aromatic hydroxyl groups is 1. The fraction of sp³-hybridized carbons (Fsp3) is 0.286. The smallest absolute Gasteiger partial charge is 0.393 e. The van der Waals surface area contributed by atoms with Gasteiger partial charge in [-0.25, -0.2) is 0 Å². The number of H-pyrrole nitrogens is 1. The Balaban J connectivity index is 2.96. The average Bonchev–Trinajstić information content (AvgIpc) is 1.78. The van der Waals surface area contributed by atoms with Crippen molar-refractivity contribution in [2.75, 3.05) is 0 Å². The first-order valence-electron chi connectivity index (χ1n) is 3.36. The third kappa shape index (κ3) is 3.18. The maximum Gasteiger partial charge on any atom is 0.393 e. The second kappa shape index (κ2) is 3.12. The lowest BCUT2D eigenvalue weighted by Gasteiger charge is -2.05. The Morgan fingerprint density at radius 2 is 2.00 bits per heavy atom. The van der Waals surface area contributed by atoms with Gasteiger partial charge in [-0.1, -0.05) is 0 Å². The molecule has 0 spiro atoms. The van der Waals surface area contributed by atoms with E-state index in [0.29, 0.717) is 0 Å². The molecule has 0 saturated carbocycles. The Kier molecular flexibility index (Phi) is 2.31. The Labute approximate surface area is 70.8 Å². The summed E-state index contributed by atoms with van der Waals surface area (Å²) in [7, 11) is 0. The molecule has 0 fully saturated rings. The molecular formula is C7H6F3NO2. The van der Waals surface area contributed by atoms with Gasteiger partial charge in [0.05, 0.1) is 6.42 Å². The van der Waals surface area contributed by atoms with E-state index in [9.17, 15) is 18.0 Å². The van der Waals surface area contributed by atoms with Crippen molar-refractivity contribution in [1.82, 2.24) is 4.98 Å². The third-order valence-corrected chi connectivity index (χ3v) is 1.29. The highest BCUT2D eigenvalue weighted by Gasteiger charge is 2.27. The number of nitrogens with one attached hydrogen (secondary N) is 1. The zero-order chi connectivity index (χ0) is 10.1. The molecule has 6 heteroatoms. The van der Waals surface area contributed by atoms with Crippen LogP contribution in [0.5, 0.6) is 5.88 Å². The molecule has 72 valence electrons. The molecule has 0 bridgehead atoms. The van der Waals surface area contributed by atoms with Crippen LogP contribution in [0.1, 0.15) is 5.56 Å². The molecular weight excluding hydrogens is 187 g/mol. The summed E-state index contributed by atoms with van der Waals surface area (Å²) in [5, 5.41) is 8.77. The standard InChI is InChI=1S/C7H6F3NO2/c8-7(9,10)3-4-1-5(12)11-6(13)2-4/h1-2H,3H2,(H2,11,12,13). The van der Waals surface area contributed by atoms with Crippen molar-refractivity contribution in [3.63, 3.8) is 0 Å². The SMILES string of the molecule is O=c1cc(CC(F)(F)F)cc(O)[nH]1. The number of rotatable bonds is 1. The van der Waals surface area contributed by atoms with Crippen molar-refractivity contribution in [2.24, 2.45) is 0 Å².